The number of benzene rings is 2. The lowest BCUT2D eigenvalue weighted by atomic mass is 10.3. The molecule has 0 aliphatic rings. The molecule has 130 valence electrons. The van der Waals surface area contributed by atoms with Crippen LogP contribution in [0.25, 0.3) is 0 Å². The molecule has 0 heterocycles. The van der Waals surface area contributed by atoms with Gasteiger partial charge in [-0.15, -0.1) is 0 Å². The maximum atomic E-state index is 9.02. The summed E-state index contributed by atoms with van der Waals surface area (Å²) in [6, 6.07) is 15.1. The molecule has 0 radical (unpaired) electrons. The van der Waals surface area contributed by atoms with E-state index in [1.54, 1.807) is 12.1 Å². The van der Waals surface area contributed by atoms with Crippen LogP contribution in [0.15, 0.2) is 70.1 Å². The fraction of sp³-hybridized carbons (Fsp3) is 0.222. The summed E-state index contributed by atoms with van der Waals surface area (Å²) in [6.45, 7) is 3.92. The molecule has 0 bridgehead atoms. The Bertz CT molecular complexity index is 619. The lowest BCUT2D eigenvalue weighted by molar-refractivity contribution is 0.0534. The minimum atomic E-state index is -0.827. The molecule has 2 rings (SSSR count). The van der Waals surface area contributed by atoms with Crippen LogP contribution in [-0.4, -0.2) is 36.1 Å². The van der Waals surface area contributed by atoms with Crippen LogP contribution in [0.3, 0.4) is 0 Å². The summed E-state index contributed by atoms with van der Waals surface area (Å²) in [5, 5.41) is 17.6. The zero-order valence-corrected chi connectivity index (χ0v) is 16.2. The van der Waals surface area contributed by atoms with E-state index in [-0.39, 0.29) is 13.2 Å². The molecule has 4 nitrogen and oxygen atoms in total. The summed E-state index contributed by atoms with van der Waals surface area (Å²) in [5.74, 6) is 1.52. The van der Waals surface area contributed by atoms with Crippen LogP contribution < -0.4 is 9.47 Å². The molecule has 0 spiro atoms. The number of hydrogen-bond donors (Lipinski definition) is 2. The van der Waals surface area contributed by atoms with E-state index in [0.717, 1.165) is 14.7 Å². The normalized spacial score (nSPS) is 11.0. The Morgan fingerprint density at radius 3 is 1.92 bits per heavy atom. The van der Waals surface area contributed by atoms with Gasteiger partial charge in [0.25, 0.3) is 0 Å². The Morgan fingerprint density at radius 2 is 1.46 bits per heavy atom. The second kappa shape index (κ2) is 12.1. The Balaban J connectivity index is 0.000000243. The number of halogens is 2. The summed E-state index contributed by atoms with van der Waals surface area (Å²) in [4.78, 5) is 0. The van der Waals surface area contributed by atoms with Crippen molar-refractivity contribution < 1.29 is 19.7 Å². The van der Waals surface area contributed by atoms with Crippen molar-refractivity contribution in [2.45, 2.75) is 6.10 Å². The van der Waals surface area contributed by atoms with Crippen LogP contribution >= 0.6 is 31.9 Å². The molecule has 0 amide bonds. The quantitative estimate of drug-likeness (QED) is 0.609. The molecule has 2 aromatic rings. The fourth-order valence-corrected chi connectivity index (χ4v) is 2.31. The van der Waals surface area contributed by atoms with Crippen molar-refractivity contribution >= 4 is 31.9 Å². The largest absolute Gasteiger partial charge is 0.490 e. The third-order valence-corrected chi connectivity index (χ3v) is 3.98. The van der Waals surface area contributed by atoms with Gasteiger partial charge in [-0.1, -0.05) is 36.9 Å². The van der Waals surface area contributed by atoms with Crippen molar-refractivity contribution in [3.8, 4) is 11.5 Å². The number of aliphatic hydroxyl groups is 2. The van der Waals surface area contributed by atoms with E-state index in [2.05, 4.69) is 38.4 Å². The van der Waals surface area contributed by atoms with Crippen molar-refractivity contribution in [1.29, 1.82) is 0 Å². The Labute approximate surface area is 159 Å². The summed E-state index contributed by atoms with van der Waals surface area (Å²) in [6.07, 6.45) is 0.895. The number of rotatable bonds is 7. The standard InChI is InChI=1S/C9H11BrO3.C9H9BrO/c10-8-3-1-2-4-9(8)13-6-7(12)5-11;1-2-7-11-9-6-4-3-5-8(9)10/h1-4,7,11-12H,5-6H2;2-6H,1,7H2. The number of para-hydroxylation sites is 2. The second-order valence-corrected chi connectivity index (χ2v) is 6.32. The first-order valence-electron chi connectivity index (χ1n) is 7.23. The van der Waals surface area contributed by atoms with Gasteiger partial charge in [-0.25, -0.2) is 0 Å². The van der Waals surface area contributed by atoms with E-state index in [9.17, 15) is 0 Å². The average molecular weight is 460 g/mol. The maximum Gasteiger partial charge on any atom is 0.133 e. The zero-order chi connectivity index (χ0) is 17.8. The maximum absolute atomic E-state index is 9.02. The highest BCUT2D eigenvalue weighted by Gasteiger charge is 2.04. The first kappa shape index (κ1) is 20.7. The molecular formula is C18H20Br2O4. The van der Waals surface area contributed by atoms with Gasteiger partial charge >= 0.3 is 0 Å². The third kappa shape index (κ3) is 7.97. The molecule has 24 heavy (non-hydrogen) atoms. The molecule has 2 aromatic carbocycles. The Kier molecular flexibility index (Phi) is 10.4. The first-order chi connectivity index (χ1) is 11.6. The smallest absolute Gasteiger partial charge is 0.133 e. The van der Waals surface area contributed by atoms with E-state index in [4.69, 9.17) is 19.7 Å². The molecule has 6 heteroatoms. The van der Waals surface area contributed by atoms with Crippen molar-refractivity contribution in [1.82, 2.24) is 0 Å². The molecule has 0 saturated heterocycles. The van der Waals surface area contributed by atoms with Crippen LogP contribution in [0.2, 0.25) is 0 Å². The first-order valence-corrected chi connectivity index (χ1v) is 8.81. The number of hydrogen-bond acceptors (Lipinski definition) is 4. The highest BCUT2D eigenvalue weighted by Crippen LogP contribution is 2.24. The van der Waals surface area contributed by atoms with Crippen molar-refractivity contribution in [3.05, 3.63) is 70.1 Å². The lowest BCUT2D eigenvalue weighted by Crippen LogP contribution is -2.21. The average Bonchev–Trinajstić information content (AvgIpc) is 2.60. The molecule has 0 fully saturated rings. The summed E-state index contributed by atoms with van der Waals surface area (Å²) < 4.78 is 12.4. The second-order valence-electron chi connectivity index (χ2n) is 4.61. The van der Waals surface area contributed by atoms with Gasteiger partial charge in [0.1, 0.15) is 30.8 Å². The van der Waals surface area contributed by atoms with Gasteiger partial charge in [0.15, 0.2) is 0 Å². The molecule has 0 aliphatic heterocycles. The molecule has 0 aromatic heterocycles. The molecule has 0 saturated carbocycles. The molecule has 1 atom stereocenters. The number of aliphatic hydroxyl groups excluding tert-OH is 2. The molecule has 1 unspecified atom stereocenters. The minimum absolute atomic E-state index is 0.0963. The third-order valence-electron chi connectivity index (χ3n) is 2.67. The van der Waals surface area contributed by atoms with Gasteiger partial charge in [-0.05, 0) is 56.1 Å². The van der Waals surface area contributed by atoms with Gasteiger partial charge in [0.05, 0.1) is 15.6 Å². The monoisotopic (exact) mass is 458 g/mol. The zero-order valence-electron chi connectivity index (χ0n) is 13.1. The van der Waals surface area contributed by atoms with Crippen LogP contribution in [0.4, 0.5) is 0 Å². The minimum Gasteiger partial charge on any atom is -0.490 e. The van der Waals surface area contributed by atoms with Gasteiger partial charge in [0.2, 0.25) is 0 Å². The van der Waals surface area contributed by atoms with Crippen LogP contribution in [0, 0.1) is 0 Å². The highest BCUT2D eigenvalue weighted by molar-refractivity contribution is 9.10. The Morgan fingerprint density at radius 1 is 0.958 bits per heavy atom. The predicted octanol–water partition coefficient (Wildman–Crippen LogP) is 4.20. The van der Waals surface area contributed by atoms with E-state index in [1.807, 2.05) is 42.5 Å². The molecule has 0 aliphatic carbocycles. The van der Waals surface area contributed by atoms with Gasteiger partial charge in [-0.3, -0.25) is 0 Å². The van der Waals surface area contributed by atoms with E-state index in [0.29, 0.717) is 12.4 Å². The van der Waals surface area contributed by atoms with Crippen molar-refractivity contribution in [2.75, 3.05) is 19.8 Å². The van der Waals surface area contributed by atoms with Crippen molar-refractivity contribution in [3.63, 3.8) is 0 Å². The fourth-order valence-electron chi connectivity index (χ4n) is 1.51. The van der Waals surface area contributed by atoms with Crippen LogP contribution in [0.5, 0.6) is 11.5 Å². The van der Waals surface area contributed by atoms with Crippen LogP contribution in [-0.2, 0) is 0 Å². The summed E-state index contributed by atoms with van der Waals surface area (Å²) in [5.41, 5.74) is 0. The van der Waals surface area contributed by atoms with Crippen LogP contribution in [0.1, 0.15) is 0 Å². The molecular weight excluding hydrogens is 440 g/mol. The highest BCUT2D eigenvalue weighted by atomic mass is 79.9. The molecule has 2 N–H and O–H groups in total. The van der Waals surface area contributed by atoms with E-state index in [1.165, 1.54) is 0 Å². The predicted molar refractivity (Wildman–Crippen MR) is 103 cm³/mol. The van der Waals surface area contributed by atoms with Gasteiger partial charge in [0, 0.05) is 0 Å². The van der Waals surface area contributed by atoms with E-state index >= 15 is 0 Å². The summed E-state index contributed by atoms with van der Waals surface area (Å²) in [7, 11) is 0. The topological polar surface area (TPSA) is 58.9 Å². The van der Waals surface area contributed by atoms with Gasteiger partial charge < -0.3 is 19.7 Å². The van der Waals surface area contributed by atoms with E-state index < -0.39 is 6.10 Å². The summed E-state index contributed by atoms with van der Waals surface area (Å²) >= 11 is 6.67. The lowest BCUT2D eigenvalue weighted by Gasteiger charge is -2.10. The van der Waals surface area contributed by atoms with Gasteiger partial charge in [-0.2, -0.15) is 0 Å². The SMILES string of the molecule is C=CCOc1ccccc1Br.OCC(O)COc1ccccc1Br. The van der Waals surface area contributed by atoms with Crippen molar-refractivity contribution in [2.24, 2.45) is 0 Å². The number of ether oxygens (including phenoxy) is 2. The Hall–Kier alpha value is -1.34.